The van der Waals surface area contributed by atoms with E-state index >= 15 is 0 Å². The first-order valence-electron chi connectivity index (χ1n) is 5.71. The Bertz CT molecular complexity index is 390. The summed E-state index contributed by atoms with van der Waals surface area (Å²) >= 11 is 0. The summed E-state index contributed by atoms with van der Waals surface area (Å²) in [6.45, 7) is 0. The zero-order valence-electron chi connectivity index (χ0n) is 11.2. The Balaban J connectivity index is 3.06. The van der Waals surface area contributed by atoms with Gasteiger partial charge in [0, 0.05) is 0 Å². The molecule has 0 spiro atoms. The molecular weight excluding hydrogens is 232 g/mol. The zero-order valence-corrected chi connectivity index (χ0v) is 11.2. The standard InChI is InChI=1S/C13H20N2O3/c1-14-11(13(16)17)12(15(2)3)9-5-7-10(18-4)8-6-9/h5-8,11-12,14H,1-4H3,(H,16,17). The molecule has 0 amide bonds. The molecule has 2 unspecified atom stereocenters. The van der Waals surface area contributed by atoms with Gasteiger partial charge in [0.15, 0.2) is 0 Å². The number of carboxylic acids is 1. The Morgan fingerprint density at radius 1 is 1.33 bits per heavy atom. The third-order valence-corrected chi connectivity index (χ3v) is 2.91. The molecule has 0 saturated carbocycles. The summed E-state index contributed by atoms with van der Waals surface area (Å²) in [4.78, 5) is 13.1. The number of hydrogen-bond donors (Lipinski definition) is 2. The van der Waals surface area contributed by atoms with Gasteiger partial charge in [-0.1, -0.05) is 12.1 Å². The average Bonchev–Trinajstić information content (AvgIpc) is 2.35. The van der Waals surface area contributed by atoms with Crippen molar-refractivity contribution in [2.75, 3.05) is 28.3 Å². The zero-order chi connectivity index (χ0) is 13.7. The van der Waals surface area contributed by atoms with Crippen molar-refractivity contribution in [3.63, 3.8) is 0 Å². The number of methoxy groups -OCH3 is 1. The van der Waals surface area contributed by atoms with Crippen LogP contribution in [-0.2, 0) is 4.79 Å². The van der Waals surface area contributed by atoms with Crippen molar-refractivity contribution in [2.45, 2.75) is 12.1 Å². The molecule has 0 radical (unpaired) electrons. The fourth-order valence-corrected chi connectivity index (χ4v) is 2.01. The molecule has 1 aromatic rings. The largest absolute Gasteiger partial charge is 0.497 e. The van der Waals surface area contributed by atoms with E-state index in [4.69, 9.17) is 4.74 Å². The molecule has 100 valence electrons. The van der Waals surface area contributed by atoms with Crippen LogP contribution in [0.2, 0.25) is 0 Å². The minimum atomic E-state index is -0.869. The molecule has 18 heavy (non-hydrogen) atoms. The van der Waals surface area contributed by atoms with Crippen molar-refractivity contribution in [1.29, 1.82) is 0 Å². The van der Waals surface area contributed by atoms with E-state index in [-0.39, 0.29) is 6.04 Å². The highest BCUT2D eigenvalue weighted by atomic mass is 16.5. The SMILES string of the molecule is CNC(C(=O)O)C(c1ccc(OC)cc1)N(C)C. The summed E-state index contributed by atoms with van der Waals surface area (Å²) in [7, 11) is 6.98. The highest BCUT2D eigenvalue weighted by Crippen LogP contribution is 2.24. The van der Waals surface area contributed by atoms with Crippen LogP contribution in [0.15, 0.2) is 24.3 Å². The Labute approximate surface area is 107 Å². The van der Waals surface area contributed by atoms with Gasteiger partial charge in [-0.25, -0.2) is 0 Å². The second-order valence-corrected chi connectivity index (χ2v) is 4.29. The Morgan fingerprint density at radius 2 is 1.89 bits per heavy atom. The van der Waals surface area contributed by atoms with Crippen molar-refractivity contribution in [3.05, 3.63) is 29.8 Å². The summed E-state index contributed by atoms with van der Waals surface area (Å²) in [6.07, 6.45) is 0. The maximum absolute atomic E-state index is 11.3. The van der Waals surface area contributed by atoms with Gasteiger partial charge in [-0.3, -0.25) is 4.79 Å². The van der Waals surface area contributed by atoms with Crippen LogP contribution in [0.5, 0.6) is 5.75 Å². The summed E-state index contributed by atoms with van der Waals surface area (Å²) in [5.41, 5.74) is 0.933. The maximum atomic E-state index is 11.3. The molecule has 0 fully saturated rings. The van der Waals surface area contributed by atoms with Crippen LogP contribution in [0.1, 0.15) is 11.6 Å². The molecule has 5 heteroatoms. The minimum Gasteiger partial charge on any atom is -0.497 e. The smallest absolute Gasteiger partial charge is 0.322 e. The molecule has 2 N–H and O–H groups in total. The van der Waals surface area contributed by atoms with Crippen molar-refractivity contribution in [2.24, 2.45) is 0 Å². The van der Waals surface area contributed by atoms with E-state index in [1.165, 1.54) is 0 Å². The first kappa shape index (κ1) is 14.5. The predicted molar refractivity (Wildman–Crippen MR) is 69.9 cm³/mol. The molecule has 0 aromatic heterocycles. The van der Waals surface area contributed by atoms with Gasteiger partial charge in [0.1, 0.15) is 11.8 Å². The van der Waals surface area contributed by atoms with E-state index in [1.807, 2.05) is 43.3 Å². The van der Waals surface area contributed by atoms with Gasteiger partial charge in [0.2, 0.25) is 0 Å². The molecule has 1 rings (SSSR count). The summed E-state index contributed by atoms with van der Waals surface area (Å²) in [5, 5.41) is 12.1. The molecule has 0 bridgehead atoms. The number of likely N-dealkylation sites (N-methyl/N-ethyl adjacent to an activating group) is 2. The molecule has 0 aliphatic carbocycles. The fraction of sp³-hybridized carbons (Fsp3) is 0.462. The van der Waals surface area contributed by atoms with Gasteiger partial charge in [0.05, 0.1) is 13.2 Å². The monoisotopic (exact) mass is 252 g/mol. The number of nitrogens with one attached hydrogen (secondary N) is 1. The van der Waals surface area contributed by atoms with Gasteiger partial charge in [0.25, 0.3) is 0 Å². The lowest BCUT2D eigenvalue weighted by atomic mass is 9.98. The van der Waals surface area contributed by atoms with Crippen LogP contribution in [0.25, 0.3) is 0 Å². The van der Waals surface area contributed by atoms with Crippen LogP contribution in [0.3, 0.4) is 0 Å². The van der Waals surface area contributed by atoms with E-state index < -0.39 is 12.0 Å². The van der Waals surface area contributed by atoms with Gasteiger partial charge >= 0.3 is 5.97 Å². The lowest BCUT2D eigenvalue weighted by molar-refractivity contribution is -0.141. The first-order chi connectivity index (χ1) is 8.51. The van der Waals surface area contributed by atoms with Gasteiger partial charge < -0.3 is 20.1 Å². The Morgan fingerprint density at radius 3 is 2.22 bits per heavy atom. The van der Waals surface area contributed by atoms with Crippen molar-refractivity contribution in [1.82, 2.24) is 10.2 Å². The number of benzene rings is 1. The van der Waals surface area contributed by atoms with E-state index in [0.717, 1.165) is 11.3 Å². The van der Waals surface area contributed by atoms with Crippen LogP contribution >= 0.6 is 0 Å². The molecule has 2 atom stereocenters. The topological polar surface area (TPSA) is 61.8 Å². The minimum absolute atomic E-state index is 0.238. The van der Waals surface area contributed by atoms with E-state index in [9.17, 15) is 9.90 Å². The highest BCUT2D eigenvalue weighted by molar-refractivity contribution is 5.74. The third-order valence-electron chi connectivity index (χ3n) is 2.91. The number of rotatable bonds is 6. The normalized spacial score (nSPS) is 14.3. The number of nitrogens with zero attached hydrogens (tertiary/aromatic N) is 1. The predicted octanol–water partition coefficient (Wildman–Crippen LogP) is 0.970. The second-order valence-electron chi connectivity index (χ2n) is 4.29. The molecule has 5 nitrogen and oxygen atoms in total. The van der Waals surface area contributed by atoms with Crippen LogP contribution in [0, 0.1) is 0 Å². The van der Waals surface area contributed by atoms with Crippen molar-refractivity contribution < 1.29 is 14.6 Å². The number of ether oxygens (including phenoxy) is 1. The number of carboxylic acid groups (broad SMARTS) is 1. The number of carbonyl (C=O) groups is 1. The molecule has 0 aliphatic heterocycles. The summed E-state index contributed by atoms with van der Waals surface area (Å²) in [6, 6.07) is 6.54. The van der Waals surface area contributed by atoms with E-state index in [1.54, 1.807) is 14.2 Å². The molecular formula is C13H20N2O3. The summed E-state index contributed by atoms with van der Waals surface area (Å²) in [5.74, 6) is -0.111. The first-order valence-corrected chi connectivity index (χ1v) is 5.71. The van der Waals surface area contributed by atoms with E-state index in [2.05, 4.69) is 5.32 Å². The molecule has 1 aromatic carbocycles. The van der Waals surface area contributed by atoms with E-state index in [0.29, 0.717) is 0 Å². The highest BCUT2D eigenvalue weighted by Gasteiger charge is 2.29. The van der Waals surface area contributed by atoms with Crippen LogP contribution < -0.4 is 10.1 Å². The molecule has 0 heterocycles. The quantitative estimate of drug-likeness (QED) is 0.790. The van der Waals surface area contributed by atoms with Gasteiger partial charge in [-0.2, -0.15) is 0 Å². The second kappa shape index (κ2) is 6.37. The fourth-order valence-electron chi connectivity index (χ4n) is 2.01. The van der Waals surface area contributed by atoms with Gasteiger partial charge in [-0.05, 0) is 38.8 Å². The average molecular weight is 252 g/mol. The van der Waals surface area contributed by atoms with Crippen molar-refractivity contribution >= 4 is 5.97 Å². The molecule has 0 aliphatic rings. The summed E-state index contributed by atoms with van der Waals surface area (Å²) < 4.78 is 5.10. The number of hydrogen-bond acceptors (Lipinski definition) is 4. The number of aliphatic carboxylic acids is 1. The van der Waals surface area contributed by atoms with Crippen molar-refractivity contribution in [3.8, 4) is 5.75 Å². The Kier molecular flexibility index (Phi) is 5.12. The van der Waals surface area contributed by atoms with Crippen LogP contribution in [-0.4, -0.2) is 50.3 Å². The lowest BCUT2D eigenvalue weighted by Crippen LogP contribution is -2.45. The third kappa shape index (κ3) is 3.21. The maximum Gasteiger partial charge on any atom is 0.322 e. The lowest BCUT2D eigenvalue weighted by Gasteiger charge is -2.30. The van der Waals surface area contributed by atoms with Gasteiger partial charge in [-0.15, -0.1) is 0 Å². The van der Waals surface area contributed by atoms with Crippen LogP contribution in [0.4, 0.5) is 0 Å². The Hall–Kier alpha value is -1.59. The molecule has 0 saturated heterocycles.